The Kier molecular flexibility index (Phi) is 4.60. The second-order valence-corrected chi connectivity index (χ2v) is 6.03. The molecule has 1 heterocycles. The van der Waals surface area contributed by atoms with Crippen molar-refractivity contribution in [1.82, 2.24) is 4.90 Å². The van der Waals surface area contributed by atoms with Gasteiger partial charge in [-0.3, -0.25) is 4.79 Å². The summed E-state index contributed by atoms with van der Waals surface area (Å²) in [6, 6.07) is 4.73. The van der Waals surface area contributed by atoms with Crippen molar-refractivity contribution in [3.63, 3.8) is 0 Å². The molecule has 104 valence electrons. The summed E-state index contributed by atoms with van der Waals surface area (Å²) in [6.07, 6.45) is 2.28. The lowest BCUT2D eigenvalue weighted by Crippen LogP contribution is -2.29. The van der Waals surface area contributed by atoms with Crippen LogP contribution in [-0.4, -0.2) is 36.1 Å². The number of nitrogens with zero attached hydrogens (tertiary/aromatic N) is 1. The molecule has 5 heteroatoms. The van der Waals surface area contributed by atoms with Crippen LogP contribution in [0.5, 0.6) is 0 Å². The minimum absolute atomic E-state index is 0.542. The molecule has 0 amide bonds. The van der Waals surface area contributed by atoms with E-state index in [4.69, 9.17) is 10.8 Å². The summed E-state index contributed by atoms with van der Waals surface area (Å²) in [5.41, 5.74) is 7.52. The summed E-state index contributed by atoms with van der Waals surface area (Å²) in [5.74, 6) is -0.459. The molecule has 4 nitrogen and oxygen atoms in total. The molecule has 2 rings (SSSR count). The number of piperidine rings is 1. The van der Waals surface area contributed by atoms with Gasteiger partial charge < -0.3 is 15.7 Å². The predicted molar refractivity (Wildman–Crippen MR) is 78.2 cm³/mol. The Labute approximate surface area is 121 Å². The highest BCUT2D eigenvalue weighted by Crippen LogP contribution is 2.33. The van der Waals surface area contributed by atoms with Crippen LogP contribution in [0.2, 0.25) is 0 Å². The first-order valence-corrected chi connectivity index (χ1v) is 7.24. The van der Waals surface area contributed by atoms with Gasteiger partial charge in [-0.15, -0.1) is 0 Å². The van der Waals surface area contributed by atoms with E-state index in [1.165, 1.54) is 5.56 Å². The molecule has 1 fully saturated rings. The first-order valence-electron chi connectivity index (χ1n) is 6.45. The number of rotatable bonds is 3. The van der Waals surface area contributed by atoms with Crippen LogP contribution in [0.25, 0.3) is 0 Å². The van der Waals surface area contributed by atoms with Crippen molar-refractivity contribution in [2.45, 2.75) is 24.8 Å². The fraction of sp³-hybridized carbons (Fsp3) is 0.500. The van der Waals surface area contributed by atoms with Gasteiger partial charge in [0, 0.05) is 4.47 Å². The molecule has 1 aromatic rings. The minimum atomic E-state index is -1.00. The lowest BCUT2D eigenvalue weighted by Gasteiger charge is -2.30. The molecule has 0 saturated carbocycles. The molecule has 1 atom stereocenters. The van der Waals surface area contributed by atoms with Crippen LogP contribution >= 0.6 is 15.9 Å². The molecule has 1 aliphatic rings. The van der Waals surface area contributed by atoms with Crippen molar-refractivity contribution in [3.8, 4) is 0 Å². The monoisotopic (exact) mass is 326 g/mol. The number of carboxylic acids is 1. The number of aliphatic carboxylic acids is 1. The molecule has 0 aliphatic carbocycles. The van der Waals surface area contributed by atoms with Crippen molar-refractivity contribution in [3.05, 3.63) is 33.8 Å². The fourth-order valence-corrected chi connectivity index (χ4v) is 3.25. The van der Waals surface area contributed by atoms with E-state index >= 15 is 0 Å². The van der Waals surface area contributed by atoms with Crippen LogP contribution in [0.3, 0.4) is 0 Å². The zero-order valence-corrected chi connectivity index (χ0v) is 12.6. The number of likely N-dealkylation sites (tertiary alicyclic amines) is 1. The van der Waals surface area contributed by atoms with E-state index in [1.54, 1.807) is 0 Å². The normalized spacial score (nSPS) is 19.3. The zero-order valence-electron chi connectivity index (χ0n) is 11.0. The average molecular weight is 327 g/mol. The van der Waals surface area contributed by atoms with E-state index in [2.05, 4.69) is 27.9 Å². The molecule has 0 radical (unpaired) electrons. The van der Waals surface area contributed by atoms with Gasteiger partial charge in [0.15, 0.2) is 0 Å². The molecule has 1 aliphatic heterocycles. The van der Waals surface area contributed by atoms with Gasteiger partial charge in [0.05, 0.1) is 0 Å². The maximum Gasteiger partial charge on any atom is 0.325 e. The number of halogens is 1. The maximum absolute atomic E-state index is 10.9. The van der Waals surface area contributed by atoms with Crippen LogP contribution in [0.1, 0.15) is 35.9 Å². The van der Waals surface area contributed by atoms with Gasteiger partial charge in [0.1, 0.15) is 6.04 Å². The summed E-state index contributed by atoms with van der Waals surface area (Å²) in [4.78, 5) is 13.2. The molecule has 1 aromatic carbocycles. The van der Waals surface area contributed by atoms with Gasteiger partial charge in [0.25, 0.3) is 0 Å². The highest BCUT2D eigenvalue weighted by atomic mass is 79.9. The van der Waals surface area contributed by atoms with Crippen LogP contribution in [0.15, 0.2) is 22.7 Å². The Balaban J connectivity index is 2.17. The Hall–Kier alpha value is -0.910. The number of hydrogen-bond acceptors (Lipinski definition) is 3. The summed E-state index contributed by atoms with van der Waals surface area (Å²) in [7, 11) is 2.14. The van der Waals surface area contributed by atoms with E-state index in [-0.39, 0.29) is 0 Å². The van der Waals surface area contributed by atoms with E-state index in [0.717, 1.165) is 30.4 Å². The number of carboxylic acid groups (broad SMARTS) is 1. The number of carbonyl (C=O) groups is 1. The molecule has 1 saturated heterocycles. The van der Waals surface area contributed by atoms with Gasteiger partial charge in [0.2, 0.25) is 0 Å². The molecule has 3 N–H and O–H groups in total. The highest BCUT2D eigenvalue weighted by molar-refractivity contribution is 9.10. The molecule has 0 bridgehead atoms. The first kappa shape index (κ1) is 14.5. The summed E-state index contributed by atoms with van der Waals surface area (Å²) in [6.45, 7) is 2.21. The fourth-order valence-electron chi connectivity index (χ4n) is 2.53. The average Bonchev–Trinajstić information content (AvgIpc) is 2.39. The molecular weight excluding hydrogens is 308 g/mol. The minimum Gasteiger partial charge on any atom is -0.480 e. The van der Waals surface area contributed by atoms with Crippen LogP contribution < -0.4 is 5.73 Å². The predicted octanol–water partition coefficient (Wildman–Crippen LogP) is 2.34. The van der Waals surface area contributed by atoms with Crippen molar-refractivity contribution in [1.29, 1.82) is 0 Å². The second kappa shape index (κ2) is 6.03. The summed E-state index contributed by atoms with van der Waals surface area (Å²) < 4.78 is 0.969. The highest BCUT2D eigenvalue weighted by Gasteiger charge is 2.22. The third kappa shape index (κ3) is 3.35. The van der Waals surface area contributed by atoms with Crippen molar-refractivity contribution < 1.29 is 9.90 Å². The van der Waals surface area contributed by atoms with Crippen LogP contribution in [0, 0.1) is 0 Å². The summed E-state index contributed by atoms with van der Waals surface area (Å²) >= 11 is 3.55. The number of benzene rings is 1. The van der Waals surface area contributed by atoms with E-state index in [1.807, 2.05) is 18.2 Å². The van der Waals surface area contributed by atoms with Crippen LogP contribution in [0.4, 0.5) is 0 Å². The zero-order chi connectivity index (χ0) is 14.0. The van der Waals surface area contributed by atoms with E-state index in [0.29, 0.717) is 11.5 Å². The quantitative estimate of drug-likeness (QED) is 0.894. The largest absolute Gasteiger partial charge is 0.480 e. The third-order valence-electron chi connectivity index (χ3n) is 3.81. The molecular formula is C14H19BrN2O2. The van der Waals surface area contributed by atoms with Gasteiger partial charge in [-0.2, -0.15) is 0 Å². The standard InChI is InChI=1S/C14H19BrN2O2/c1-17-6-4-9(5-7-17)11-3-2-10(8-12(11)15)13(16)14(18)19/h2-3,8-9,13H,4-7,16H2,1H3,(H,18,19). The topological polar surface area (TPSA) is 66.6 Å². The van der Waals surface area contributed by atoms with Crippen molar-refractivity contribution in [2.24, 2.45) is 5.73 Å². The molecule has 0 aromatic heterocycles. The van der Waals surface area contributed by atoms with Gasteiger partial charge in [-0.05, 0) is 56.1 Å². The van der Waals surface area contributed by atoms with Gasteiger partial charge in [-0.1, -0.05) is 28.1 Å². The van der Waals surface area contributed by atoms with Crippen molar-refractivity contribution >= 4 is 21.9 Å². The Morgan fingerprint density at radius 3 is 2.63 bits per heavy atom. The number of nitrogens with two attached hydrogens (primary N) is 1. The molecule has 0 spiro atoms. The van der Waals surface area contributed by atoms with E-state index < -0.39 is 12.0 Å². The Morgan fingerprint density at radius 1 is 1.47 bits per heavy atom. The molecule has 19 heavy (non-hydrogen) atoms. The van der Waals surface area contributed by atoms with Gasteiger partial charge in [-0.25, -0.2) is 0 Å². The number of hydrogen-bond donors (Lipinski definition) is 2. The molecule has 1 unspecified atom stereocenters. The second-order valence-electron chi connectivity index (χ2n) is 5.17. The van der Waals surface area contributed by atoms with Crippen molar-refractivity contribution in [2.75, 3.05) is 20.1 Å². The summed E-state index contributed by atoms with van der Waals surface area (Å²) in [5, 5.41) is 8.93. The SMILES string of the molecule is CN1CCC(c2ccc(C(N)C(=O)O)cc2Br)CC1. The Morgan fingerprint density at radius 2 is 2.11 bits per heavy atom. The Bertz CT molecular complexity index is 471. The first-order chi connectivity index (χ1) is 8.99. The van der Waals surface area contributed by atoms with E-state index in [9.17, 15) is 4.79 Å². The van der Waals surface area contributed by atoms with Crippen LogP contribution in [-0.2, 0) is 4.79 Å². The lowest BCUT2D eigenvalue weighted by molar-refractivity contribution is -0.138. The maximum atomic E-state index is 10.9. The smallest absolute Gasteiger partial charge is 0.325 e. The third-order valence-corrected chi connectivity index (χ3v) is 4.49. The van der Waals surface area contributed by atoms with Gasteiger partial charge >= 0.3 is 5.97 Å². The lowest BCUT2D eigenvalue weighted by atomic mass is 9.88.